The lowest BCUT2D eigenvalue weighted by Gasteiger charge is -2.33. The fourth-order valence-corrected chi connectivity index (χ4v) is 3.14. The lowest BCUT2D eigenvalue weighted by molar-refractivity contribution is 0.0185. The smallest absolute Gasteiger partial charge is 0.410 e. The minimum atomic E-state index is -0.461. The topological polar surface area (TPSA) is 60.2 Å². The van der Waals surface area contributed by atoms with Gasteiger partial charge >= 0.3 is 6.09 Å². The van der Waals surface area contributed by atoms with E-state index in [9.17, 15) is 4.79 Å². The van der Waals surface area contributed by atoms with Crippen molar-refractivity contribution in [2.24, 2.45) is 0 Å². The minimum absolute atomic E-state index is 0.233. The molecule has 2 aromatic rings. The van der Waals surface area contributed by atoms with E-state index < -0.39 is 5.60 Å². The molecule has 1 saturated heterocycles. The Kier molecular flexibility index (Phi) is 5.11. The maximum Gasteiger partial charge on any atom is 0.410 e. The predicted octanol–water partition coefficient (Wildman–Crippen LogP) is 4.16. The van der Waals surface area contributed by atoms with Crippen molar-refractivity contribution in [2.75, 3.05) is 13.1 Å². The van der Waals surface area contributed by atoms with Gasteiger partial charge in [-0.05, 0) is 45.2 Å². The molecule has 0 radical (unpaired) electrons. The van der Waals surface area contributed by atoms with E-state index in [1.807, 2.05) is 50.0 Å². The van der Waals surface area contributed by atoms with Gasteiger partial charge in [0.25, 0.3) is 0 Å². The number of rotatable bonds is 3. The molecule has 0 aromatic carbocycles. The van der Waals surface area contributed by atoms with Crippen LogP contribution in [-0.4, -0.2) is 44.4 Å². The normalized spacial score (nSPS) is 15.7. The van der Waals surface area contributed by atoms with Crippen molar-refractivity contribution >= 4 is 12.2 Å². The summed E-state index contributed by atoms with van der Waals surface area (Å²) >= 11 is 0. The molecule has 6 heteroatoms. The van der Waals surface area contributed by atoms with Gasteiger partial charge in [0.1, 0.15) is 5.60 Å². The van der Waals surface area contributed by atoms with Crippen molar-refractivity contribution in [1.82, 2.24) is 19.7 Å². The number of amides is 1. The number of hydrogen-bond acceptors (Lipinski definition) is 4. The number of hydrogen-bond donors (Lipinski definition) is 0. The molecule has 0 N–H and O–H groups in total. The molecule has 1 amide bonds. The summed E-state index contributed by atoms with van der Waals surface area (Å²) in [6.07, 6.45) is 10.8. The largest absolute Gasteiger partial charge is 0.444 e. The van der Waals surface area contributed by atoms with Gasteiger partial charge in [0.05, 0.1) is 12.2 Å². The summed E-state index contributed by atoms with van der Waals surface area (Å²) < 4.78 is 7.46. The molecule has 1 aliphatic rings. The average molecular weight is 354 g/mol. The molecule has 0 aliphatic carbocycles. The van der Waals surface area contributed by atoms with Crippen LogP contribution < -0.4 is 0 Å². The minimum Gasteiger partial charge on any atom is -0.444 e. The number of likely N-dealkylation sites (tertiary alicyclic amines) is 1. The molecular weight excluding hydrogens is 328 g/mol. The van der Waals surface area contributed by atoms with E-state index in [0.717, 1.165) is 29.5 Å². The third-order valence-corrected chi connectivity index (χ3v) is 4.48. The zero-order valence-electron chi connectivity index (χ0n) is 15.7. The molecule has 0 bridgehead atoms. The maximum atomic E-state index is 12.2. The number of ether oxygens (including phenoxy) is 1. The van der Waals surface area contributed by atoms with E-state index in [2.05, 4.69) is 22.9 Å². The van der Waals surface area contributed by atoms with Gasteiger partial charge in [0.15, 0.2) is 0 Å². The standard InChI is InChI=1S/C20H26N4O2/c1-5-15-6-9-21-13-18(15)16-12-22-24(14-16)17-7-10-23(11-8-17)19(25)26-20(2,3)4/h5-6,9,12-14,17H,1,7-8,10-11H2,2-4H3. The summed E-state index contributed by atoms with van der Waals surface area (Å²) in [5, 5.41) is 4.54. The Labute approximate surface area is 154 Å². The number of nitrogens with zero attached hydrogens (tertiary/aromatic N) is 4. The lowest BCUT2D eigenvalue weighted by atomic mass is 10.0. The third-order valence-electron chi connectivity index (χ3n) is 4.48. The van der Waals surface area contributed by atoms with Crippen molar-refractivity contribution in [3.05, 3.63) is 43.0 Å². The Bertz CT molecular complexity index is 783. The Morgan fingerprint density at radius 3 is 2.69 bits per heavy atom. The summed E-state index contributed by atoms with van der Waals surface area (Å²) in [5.41, 5.74) is 2.64. The van der Waals surface area contributed by atoms with E-state index in [0.29, 0.717) is 13.1 Å². The first-order valence-electron chi connectivity index (χ1n) is 8.96. The van der Waals surface area contributed by atoms with Crippen molar-refractivity contribution in [3.8, 4) is 11.1 Å². The Morgan fingerprint density at radius 2 is 2.04 bits per heavy atom. The zero-order chi connectivity index (χ0) is 18.7. The van der Waals surface area contributed by atoms with E-state index in [1.54, 1.807) is 11.1 Å². The first-order chi connectivity index (χ1) is 12.4. The molecule has 0 saturated carbocycles. The number of carbonyl (C=O) groups is 1. The number of aromatic nitrogens is 3. The van der Waals surface area contributed by atoms with E-state index in [1.165, 1.54) is 0 Å². The SMILES string of the molecule is C=Cc1ccncc1-c1cnn(C2CCN(C(=O)OC(C)(C)C)CC2)c1. The number of carbonyl (C=O) groups excluding carboxylic acids is 1. The van der Waals surface area contributed by atoms with Crippen molar-refractivity contribution < 1.29 is 9.53 Å². The van der Waals surface area contributed by atoms with E-state index >= 15 is 0 Å². The van der Waals surface area contributed by atoms with Gasteiger partial charge in [0.2, 0.25) is 0 Å². The summed E-state index contributed by atoms with van der Waals surface area (Å²) in [4.78, 5) is 18.2. The summed E-state index contributed by atoms with van der Waals surface area (Å²) in [7, 11) is 0. The molecule has 0 unspecified atom stereocenters. The van der Waals surface area contributed by atoms with Crippen molar-refractivity contribution in [1.29, 1.82) is 0 Å². The van der Waals surface area contributed by atoms with Gasteiger partial charge in [0, 0.05) is 42.8 Å². The highest BCUT2D eigenvalue weighted by atomic mass is 16.6. The van der Waals surface area contributed by atoms with Crippen LogP contribution in [0.3, 0.4) is 0 Å². The Morgan fingerprint density at radius 1 is 1.31 bits per heavy atom. The van der Waals surface area contributed by atoms with E-state index in [-0.39, 0.29) is 12.1 Å². The molecule has 6 nitrogen and oxygen atoms in total. The van der Waals surface area contributed by atoms with E-state index in [4.69, 9.17) is 4.74 Å². The molecule has 1 fully saturated rings. The third kappa shape index (κ3) is 4.12. The molecule has 1 aliphatic heterocycles. The lowest BCUT2D eigenvalue weighted by Crippen LogP contribution is -2.42. The van der Waals surface area contributed by atoms with Crippen LogP contribution in [0.1, 0.15) is 45.2 Å². The highest BCUT2D eigenvalue weighted by Gasteiger charge is 2.27. The molecule has 3 heterocycles. The molecule has 2 aromatic heterocycles. The van der Waals surface area contributed by atoms with Gasteiger partial charge in [-0.2, -0.15) is 5.10 Å². The monoisotopic (exact) mass is 354 g/mol. The number of pyridine rings is 1. The van der Waals surface area contributed by atoms with Gasteiger partial charge in [-0.25, -0.2) is 4.79 Å². The van der Waals surface area contributed by atoms with Crippen LogP contribution in [0.2, 0.25) is 0 Å². The predicted molar refractivity (Wildman–Crippen MR) is 102 cm³/mol. The highest BCUT2D eigenvalue weighted by Crippen LogP contribution is 2.27. The van der Waals surface area contributed by atoms with Crippen molar-refractivity contribution in [3.63, 3.8) is 0 Å². The van der Waals surface area contributed by atoms with Crippen LogP contribution >= 0.6 is 0 Å². The second-order valence-electron chi connectivity index (χ2n) is 7.57. The second kappa shape index (κ2) is 7.32. The summed E-state index contributed by atoms with van der Waals surface area (Å²) in [6, 6.07) is 2.23. The van der Waals surface area contributed by atoms with Crippen LogP contribution in [0.4, 0.5) is 4.79 Å². The maximum absolute atomic E-state index is 12.2. The first kappa shape index (κ1) is 18.2. The highest BCUT2D eigenvalue weighted by molar-refractivity contribution is 5.72. The summed E-state index contributed by atoms with van der Waals surface area (Å²) in [6.45, 7) is 10.9. The Balaban J connectivity index is 1.65. The first-order valence-corrected chi connectivity index (χ1v) is 8.96. The van der Waals surface area contributed by atoms with Gasteiger partial charge in [-0.1, -0.05) is 12.7 Å². The van der Waals surface area contributed by atoms with Gasteiger partial charge < -0.3 is 9.64 Å². The van der Waals surface area contributed by atoms with Gasteiger partial charge in [-0.3, -0.25) is 9.67 Å². The molecule has 26 heavy (non-hydrogen) atoms. The van der Waals surface area contributed by atoms with Gasteiger partial charge in [-0.15, -0.1) is 0 Å². The second-order valence-corrected chi connectivity index (χ2v) is 7.57. The zero-order valence-corrected chi connectivity index (χ0v) is 15.7. The fraction of sp³-hybridized carbons (Fsp3) is 0.450. The fourth-order valence-electron chi connectivity index (χ4n) is 3.14. The molecular formula is C20H26N4O2. The quantitative estimate of drug-likeness (QED) is 0.830. The average Bonchev–Trinajstić information content (AvgIpc) is 3.10. The molecule has 138 valence electrons. The Hall–Kier alpha value is -2.63. The van der Waals surface area contributed by atoms with Crippen LogP contribution in [0.15, 0.2) is 37.4 Å². The summed E-state index contributed by atoms with van der Waals surface area (Å²) in [5.74, 6) is 0. The van der Waals surface area contributed by atoms with Crippen LogP contribution in [0.25, 0.3) is 17.2 Å². The number of piperidine rings is 1. The van der Waals surface area contributed by atoms with Crippen LogP contribution in [-0.2, 0) is 4.74 Å². The van der Waals surface area contributed by atoms with Crippen molar-refractivity contribution in [2.45, 2.75) is 45.3 Å². The van der Waals surface area contributed by atoms with Crippen LogP contribution in [0.5, 0.6) is 0 Å². The molecule has 0 atom stereocenters. The van der Waals surface area contributed by atoms with Crippen LogP contribution in [0, 0.1) is 0 Å². The molecule has 3 rings (SSSR count). The molecule has 0 spiro atoms.